The van der Waals surface area contributed by atoms with Gasteiger partial charge in [-0.3, -0.25) is 9.59 Å². The lowest BCUT2D eigenvalue weighted by Crippen LogP contribution is -2.24. The Morgan fingerprint density at radius 2 is 1.68 bits per heavy atom. The van der Waals surface area contributed by atoms with Crippen LogP contribution in [0.5, 0.6) is 0 Å². The Kier molecular flexibility index (Phi) is 8.58. The van der Waals surface area contributed by atoms with E-state index in [9.17, 15) is 9.59 Å². The molecular formula is C23H30N2O2S. The normalized spacial score (nSPS) is 11.7. The van der Waals surface area contributed by atoms with Gasteiger partial charge < -0.3 is 10.6 Å². The molecule has 0 heterocycles. The molecule has 0 aromatic heterocycles. The highest BCUT2D eigenvalue weighted by molar-refractivity contribution is 8.00. The van der Waals surface area contributed by atoms with E-state index in [0.717, 1.165) is 40.2 Å². The lowest BCUT2D eigenvalue weighted by atomic mass is 10.1. The highest BCUT2D eigenvalue weighted by Crippen LogP contribution is 2.29. The van der Waals surface area contributed by atoms with E-state index in [1.54, 1.807) is 0 Å². The average Bonchev–Trinajstić information content (AvgIpc) is 2.63. The predicted molar refractivity (Wildman–Crippen MR) is 119 cm³/mol. The Bertz CT molecular complexity index is 800. The molecule has 1 unspecified atom stereocenters. The zero-order chi connectivity index (χ0) is 20.5. The van der Waals surface area contributed by atoms with Crippen LogP contribution in [0.25, 0.3) is 0 Å². The number of hydrogen-bond acceptors (Lipinski definition) is 3. The summed E-state index contributed by atoms with van der Waals surface area (Å²) in [6, 6.07) is 13.7. The molecule has 0 saturated carbocycles. The van der Waals surface area contributed by atoms with Gasteiger partial charge in [-0.1, -0.05) is 32.4 Å². The van der Waals surface area contributed by atoms with Gasteiger partial charge in [0.05, 0.1) is 5.25 Å². The summed E-state index contributed by atoms with van der Waals surface area (Å²) in [4.78, 5) is 25.7. The number of benzene rings is 2. The summed E-state index contributed by atoms with van der Waals surface area (Å²) in [5.41, 5.74) is 3.86. The summed E-state index contributed by atoms with van der Waals surface area (Å²) >= 11 is 1.52. The summed E-state index contributed by atoms with van der Waals surface area (Å²) in [7, 11) is 0. The first-order valence-electron chi connectivity index (χ1n) is 9.87. The highest BCUT2D eigenvalue weighted by Gasteiger charge is 2.18. The number of carbonyl (C=O) groups excluding carboxylic acids is 2. The quantitative estimate of drug-likeness (QED) is 0.514. The van der Waals surface area contributed by atoms with Crippen molar-refractivity contribution >= 4 is 35.0 Å². The zero-order valence-corrected chi connectivity index (χ0v) is 18.0. The lowest BCUT2D eigenvalue weighted by Gasteiger charge is -2.16. The van der Waals surface area contributed by atoms with Crippen molar-refractivity contribution in [2.45, 2.75) is 63.5 Å². The zero-order valence-electron chi connectivity index (χ0n) is 17.2. The molecule has 0 fully saturated rings. The monoisotopic (exact) mass is 398 g/mol. The molecular weight excluding hydrogens is 368 g/mol. The summed E-state index contributed by atoms with van der Waals surface area (Å²) < 4.78 is 0. The summed E-state index contributed by atoms with van der Waals surface area (Å²) in [5, 5.41) is 5.77. The Hall–Kier alpha value is -2.27. The number of nitrogens with one attached hydrogen (secondary N) is 2. The Balaban J connectivity index is 2.02. The van der Waals surface area contributed by atoms with E-state index < -0.39 is 0 Å². The first kappa shape index (κ1) is 22.0. The molecule has 4 nitrogen and oxygen atoms in total. The van der Waals surface area contributed by atoms with Gasteiger partial charge in [0.15, 0.2) is 0 Å². The Morgan fingerprint density at radius 3 is 2.32 bits per heavy atom. The van der Waals surface area contributed by atoms with Gasteiger partial charge in [-0.05, 0) is 68.1 Å². The lowest BCUT2D eigenvalue weighted by molar-refractivity contribution is -0.116. The van der Waals surface area contributed by atoms with E-state index in [-0.39, 0.29) is 17.1 Å². The van der Waals surface area contributed by atoms with Crippen LogP contribution in [-0.4, -0.2) is 17.1 Å². The van der Waals surface area contributed by atoms with Crippen LogP contribution in [0.15, 0.2) is 47.4 Å². The molecule has 0 spiro atoms. The molecule has 2 aromatic rings. The summed E-state index contributed by atoms with van der Waals surface area (Å²) in [5.74, 6) is 0.0264. The van der Waals surface area contributed by atoms with Crippen LogP contribution < -0.4 is 10.6 Å². The van der Waals surface area contributed by atoms with E-state index in [4.69, 9.17) is 0 Å². The maximum Gasteiger partial charge on any atom is 0.237 e. The van der Waals surface area contributed by atoms with E-state index in [0.29, 0.717) is 12.8 Å². The minimum Gasteiger partial charge on any atom is -0.326 e. The predicted octanol–water partition coefficient (Wildman–Crippen LogP) is 5.94. The van der Waals surface area contributed by atoms with Gasteiger partial charge in [-0.15, -0.1) is 11.8 Å². The maximum absolute atomic E-state index is 12.7. The van der Waals surface area contributed by atoms with Crippen LogP contribution in [0.2, 0.25) is 0 Å². The molecule has 2 amide bonds. The van der Waals surface area contributed by atoms with Gasteiger partial charge in [0, 0.05) is 22.7 Å². The average molecular weight is 399 g/mol. The van der Waals surface area contributed by atoms with Gasteiger partial charge in [-0.2, -0.15) is 0 Å². The van der Waals surface area contributed by atoms with Gasteiger partial charge in [0.1, 0.15) is 0 Å². The SMILES string of the molecule is CCCCC(=O)Nc1cccc(SC(CC)C(=O)Nc2cc(C)cc(C)c2)c1. The van der Waals surface area contributed by atoms with Gasteiger partial charge >= 0.3 is 0 Å². The fraction of sp³-hybridized carbons (Fsp3) is 0.391. The fourth-order valence-electron chi connectivity index (χ4n) is 2.96. The molecule has 0 aliphatic rings. The van der Waals surface area contributed by atoms with Crippen molar-refractivity contribution in [2.24, 2.45) is 0 Å². The molecule has 28 heavy (non-hydrogen) atoms. The molecule has 0 radical (unpaired) electrons. The second-order valence-corrected chi connectivity index (χ2v) is 8.34. The van der Waals surface area contributed by atoms with Crippen LogP contribution in [0.4, 0.5) is 11.4 Å². The van der Waals surface area contributed by atoms with Crippen molar-refractivity contribution in [3.05, 3.63) is 53.6 Å². The molecule has 2 rings (SSSR count). The summed E-state index contributed by atoms with van der Waals surface area (Å²) in [6.45, 7) is 8.12. The number of amides is 2. The van der Waals surface area contributed by atoms with E-state index >= 15 is 0 Å². The molecule has 0 saturated heterocycles. The van der Waals surface area contributed by atoms with E-state index in [2.05, 4.69) is 23.6 Å². The third kappa shape index (κ3) is 7.04. The fourth-order valence-corrected chi connectivity index (χ4v) is 3.98. The highest BCUT2D eigenvalue weighted by atomic mass is 32.2. The number of thioether (sulfide) groups is 1. The summed E-state index contributed by atoms with van der Waals surface area (Å²) in [6.07, 6.45) is 3.13. The molecule has 0 bridgehead atoms. The molecule has 5 heteroatoms. The van der Waals surface area contributed by atoms with Crippen LogP contribution in [0, 0.1) is 13.8 Å². The molecule has 0 aliphatic carbocycles. The van der Waals surface area contributed by atoms with Crippen molar-refractivity contribution in [1.82, 2.24) is 0 Å². The Labute approximate surface area is 172 Å². The molecule has 2 N–H and O–H groups in total. The standard InChI is InChI=1S/C23H30N2O2S/c1-5-7-11-22(26)24-18-9-8-10-20(15-18)28-21(6-2)23(27)25-19-13-16(3)12-17(4)14-19/h8-10,12-15,21H,5-7,11H2,1-4H3,(H,24,26)(H,25,27). The maximum atomic E-state index is 12.7. The van der Waals surface area contributed by atoms with Crippen molar-refractivity contribution in [3.63, 3.8) is 0 Å². The number of hydrogen-bond donors (Lipinski definition) is 2. The largest absolute Gasteiger partial charge is 0.326 e. The Morgan fingerprint density at radius 1 is 0.964 bits per heavy atom. The van der Waals surface area contributed by atoms with Crippen molar-refractivity contribution < 1.29 is 9.59 Å². The minimum absolute atomic E-state index is 0.00474. The van der Waals surface area contributed by atoms with Crippen LogP contribution >= 0.6 is 11.8 Å². The second kappa shape index (κ2) is 10.9. The molecule has 150 valence electrons. The van der Waals surface area contributed by atoms with Gasteiger partial charge in [-0.25, -0.2) is 0 Å². The number of aryl methyl sites for hydroxylation is 2. The van der Waals surface area contributed by atoms with E-state index in [1.165, 1.54) is 11.8 Å². The molecule has 1 atom stereocenters. The third-order valence-electron chi connectivity index (χ3n) is 4.31. The topological polar surface area (TPSA) is 58.2 Å². The van der Waals surface area contributed by atoms with Crippen LogP contribution in [0.3, 0.4) is 0 Å². The van der Waals surface area contributed by atoms with Gasteiger partial charge in [0.2, 0.25) is 11.8 Å². The third-order valence-corrected chi connectivity index (χ3v) is 5.66. The van der Waals surface area contributed by atoms with Crippen LogP contribution in [-0.2, 0) is 9.59 Å². The van der Waals surface area contributed by atoms with Crippen molar-refractivity contribution in [3.8, 4) is 0 Å². The smallest absolute Gasteiger partial charge is 0.237 e. The minimum atomic E-state index is -0.202. The van der Waals surface area contributed by atoms with E-state index in [1.807, 2.05) is 57.2 Å². The number of rotatable bonds is 9. The van der Waals surface area contributed by atoms with Crippen molar-refractivity contribution in [2.75, 3.05) is 10.6 Å². The van der Waals surface area contributed by atoms with Gasteiger partial charge in [0.25, 0.3) is 0 Å². The number of anilines is 2. The van der Waals surface area contributed by atoms with Crippen molar-refractivity contribution in [1.29, 1.82) is 0 Å². The van der Waals surface area contributed by atoms with Crippen LogP contribution in [0.1, 0.15) is 50.7 Å². The first-order chi connectivity index (χ1) is 13.4. The first-order valence-corrected chi connectivity index (χ1v) is 10.7. The number of unbranched alkanes of at least 4 members (excludes halogenated alkanes) is 1. The molecule has 0 aliphatic heterocycles. The molecule has 2 aromatic carbocycles. The second-order valence-electron chi connectivity index (χ2n) is 7.06. The number of carbonyl (C=O) groups is 2.